The van der Waals surface area contributed by atoms with Gasteiger partial charge in [-0.1, -0.05) is 68.1 Å². The van der Waals surface area contributed by atoms with Crippen LogP contribution in [0.4, 0.5) is 23.7 Å². The summed E-state index contributed by atoms with van der Waals surface area (Å²) < 4.78 is 42.7. The molecule has 0 saturated carbocycles. The molecule has 0 bridgehead atoms. The monoisotopic (exact) mass is 622 g/mol. The van der Waals surface area contributed by atoms with Crippen LogP contribution in [0.25, 0.3) is 17.1 Å². The highest BCUT2D eigenvalue weighted by Gasteiger charge is 2.31. The third-order valence-corrected chi connectivity index (χ3v) is 8.37. The second kappa shape index (κ2) is 14.0. The zero-order valence-electron chi connectivity index (χ0n) is 24.4. The third-order valence-electron chi connectivity index (χ3n) is 7.31. The highest BCUT2D eigenvalue weighted by atomic mass is 32.2. The quantitative estimate of drug-likeness (QED) is 0.207. The van der Waals surface area contributed by atoms with E-state index in [2.05, 4.69) is 56.0 Å². The van der Waals surface area contributed by atoms with Gasteiger partial charge in [0.25, 0.3) is 0 Å². The first-order valence-corrected chi connectivity index (χ1v) is 15.5. The van der Waals surface area contributed by atoms with Crippen molar-refractivity contribution in [2.24, 2.45) is 4.99 Å². The number of thioether (sulfide) groups is 1. The molecule has 1 aliphatic heterocycles. The number of ether oxygens (including phenoxy) is 1. The summed E-state index contributed by atoms with van der Waals surface area (Å²) in [4.78, 5) is 23.9. The van der Waals surface area contributed by atoms with Gasteiger partial charge in [0.05, 0.1) is 5.69 Å². The largest absolute Gasteiger partial charge is 0.573 e. The summed E-state index contributed by atoms with van der Waals surface area (Å²) in [5.74, 6) is 1.19. The molecule has 1 N–H and O–H groups in total. The second-order valence-electron chi connectivity index (χ2n) is 10.2. The molecule has 1 atom stereocenters. The van der Waals surface area contributed by atoms with E-state index in [0.717, 1.165) is 53.5 Å². The minimum Gasteiger partial charge on any atom is -0.406 e. The van der Waals surface area contributed by atoms with E-state index in [0.29, 0.717) is 18.1 Å². The molecule has 230 valence electrons. The van der Waals surface area contributed by atoms with E-state index >= 15 is 0 Å². The predicted molar refractivity (Wildman–Crippen MR) is 168 cm³/mol. The van der Waals surface area contributed by atoms with Gasteiger partial charge in [-0.15, -0.1) is 18.3 Å². The predicted octanol–water partition coefficient (Wildman–Crippen LogP) is 7.60. The van der Waals surface area contributed by atoms with E-state index < -0.39 is 6.36 Å². The number of urea groups is 1. The van der Waals surface area contributed by atoms with Gasteiger partial charge >= 0.3 is 12.4 Å². The van der Waals surface area contributed by atoms with Crippen LogP contribution in [0.15, 0.2) is 84.1 Å². The van der Waals surface area contributed by atoms with Crippen LogP contribution in [0.5, 0.6) is 5.75 Å². The number of amidine groups is 1. The van der Waals surface area contributed by atoms with E-state index in [-0.39, 0.29) is 17.7 Å². The molecule has 0 radical (unpaired) electrons. The molecule has 3 aromatic carbocycles. The van der Waals surface area contributed by atoms with Crippen molar-refractivity contribution in [1.82, 2.24) is 20.1 Å². The fourth-order valence-electron chi connectivity index (χ4n) is 5.01. The number of aromatic nitrogens is 3. The number of anilines is 1. The molecule has 0 spiro atoms. The lowest BCUT2D eigenvalue weighted by molar-refractivity contribution is -0.274. The van der Waals surface area contributed by atoms with E-state index in [1.807, 2.05) is 36.4 Å². The lowest BCUT2D eigenvalue weighted by Gasteiger charge is -2.31. The molecule has 44 heavy (non-hydrogen) atoms. The first-order chi connectivity index (χ1) is 21.2. The fraction of sp³-hybridized carbons (Fsp3) is 0.312. The second-order valence-corrected chi connectivity index (χ2v) is 11.3. The number of alkyl halides is 3. The van der Waals surface area contributed by atoms with E-state index in [1.54, 1.807) is 11.8 Å². The molecule has 5 rings (SSSR count). The Hall–Kier alpha value is -4.32. The van der Waals surface area contributed by atoms with E-state index in [1.165, 1.54) is 40.8 Å². The van der Waals surface area contributed by atoms with Crippen molar-refractivity contribution in [3.63, 3.8) is 0 Å². The highest BCUT2D eigenvalue weighted by molar-refractivity contribution is 8.14. The normalized spacial score (nSPS) is 15.3. The maximum absolute atomic E-state index is 12.9. The van der Waals surface area contributed by atoms with Gasteiger partial charge in [-0.25, -0.2) is 14.5 Å². The van der Waals surface area contributed by atoms with E-state index in [4.69, 9.17) is 0 Å². The number of aryl methyl sites for hydroxylation is 1. The van der Waals surface area contributed by atoms with Gasteiger partial charge in [0, 0.05) is 36.0 Å². The molecule has 12 heteroatoms. The lowest BCUT2D eigenvalue weighted by atomic mass is 9.95. The number of amides is 2. The van der Waals surface area contributed by atoms with Gasteiger partial charge in [0.15, 0.2) is 11.0 Å². The van der Waals surface area contributed by atoms with Crippen molar-refractivity contribution < 1.29 is 22.7 Å². The van der Waals surface area contributed by atoms with Crippen molar-refractivity contribution in [1.29, 1.82) is 0 Å². The average Bonchev–Trinajstić information content (AvgIpc) is 3.52. The number of carbonyl (C=O) groups is 1. The molecule has 4 aromatic rings. The minimum absolute atomic E-state index is 0.0899. The van der Waals surface area contributed by atoms with Crippen molar-refractivity contribution in [3.8, 4) is 22.8 Å². The van der Waals surface area contributed by atoms with Crippen LogP contribution in [0, 0.1) is 0 Å². The Morgan fingerprint density at radius 1 is 1.07 bits per heavy atom. The highest BCUT2D eigenvalue weighted by Crippen LogP contribution is 2.29. The van der Waals surface area contributed by atoms with Crippen molar-refractivity contribution in [3.05, 3.63) is 90.3 Å². The smallest absolute Gasteiger partial charge is 0.406 e. The van der Waals surface area contributed by atoms with Gasteiger partial charge in [0.1, 0.15) is 12.1 Å². The fourth-order valence-corrected chi connectivity index (χ4v) is 5.96. The number of hydrogen-bond acceptors (Lipinski definition) is 5. The summed E-state index contributed by atoms with van der Waals surface area (Å²) in [6.45, 7) is 5.48. The number of halogens is 3. The Kier molecular flexibility index (Phi) is 9.89. The van der Waals surface area contributed by atoms with Crippen molar-refractivity contribution >= 4 is 28.6 Å². The summed E-state index contributed by atoms with van der Waals surface area (Å²) in [6, 6.07) is 21.1. The van der Waals surface area contributed by atoms with Crippen LogP contribution < -0.4 is 15.0 Å². The Morgan fingerprint density at radius 3 is 2.52 bits per heavy atom. The number of benzene rings is 3. The van der Waals surface area contributed by atoms with Gasteiger partial charge in [0.2, 0.25) is 0 Å². The van der Waals surface area contributed by atoms with Crippen LogP contribution in [-0.4, -0.2) is 51.2 Å². The standard InChI is InChI=1S/C32H33F3N6O2S/c1-3-22-8-5-6-9-28(22)40-18-7-19-44-31(40)38-30(42)36-20-23(4-2)24-10-12-25(13-11-24)29-37-21-41(39-29)26-14-16-27(17-15-26)43-32(33,34)35/h5-6,8-17,21,23H,3-4,7,18-20H2,1-2H3,(H,36,42)/b38-31-. The Balaban J connectivity index is 1.21. The molecule has 1 aromatic heterocycles. The first kappa shape index (κ1) is 31.1. The van der Waals surface area contributed by atoms with Crippen LogP contribution >= 0.6 is 11.8 Å². The van der Waals surface area contributed by atoms with Gasteiger partial charge in [-0.3, -0.25) is 0 Å². The van der Waals surface area contributed by atoms with Crippen molar-refractivity contribution in [2.45, 2.75) is 45.4 Å². The Labute approximate surface area is 258 Å². The molecule has 1 aliphatic rings. The number of rotatable bonds is 9. The summed E-state index contributed by atoms with van der Waals surface area (Å²) in [5.41, 5.74) is 4.73. The number of para-hydroxylation sites is 1. The van der Waals surface area contributed by atoms with Gasteiger partial charge in [-0.05, 0) is 60.7 Å². The summed E-state index contributed by atoms with van der Waals surface area (Å²) >= 11 is 1.61. The van der Waals surface area contributed by atoms with Crippen molar-refractivity contribution in [2.75, 3.05) is 23.7 Å². The van der Waals surface area contributed by atoms with Crippen LogP contribution in [0.3, 0.4) is 0 Å². The SMILES string of the molecule is CCc1ccccc1N1CCCS/C1=N\C(=O)NCC(CC)c1ccc(-c2ncn(-c3ccc(OC(F)(F)F)cc3)n2)cc1. The molecule has 2 heterocycles. The molecular weight excluding hydrogens is 589 g/mol. The summed E-state index contributed by atoms with van der Waals surface area (Å²) in [7, 11) is 0. The van der Waals surface area contributed by atoms with Gasteiger partial charge in [-0.2, -0.15) is 4.99 Å². The number of hydrogen-bond donors (Lipinski definition) is 1. The summed E-state index contributed by atoms with van der Waals surface area (Å²) in [5, 5.41) is 8.19. The topological polar surface area (TPSA) is 84.6 Å². The number of carbonyl (C=O) groups excluding carboxylic acids is 1. The zero-order valence-corrected chi connectivity index (χ0v) is 25.2. The molecule has 1 saturated heterocycles. The Bertz CT molecular complexity index is 1590. The van der Waals surface area contributed by atoms with Gasteiger partial charge < -0.3 is 15.0 Å². The maximum Gasteiger partial charge on any atom is 0.573 e. The average molecular weight is 623 g/mol. The maximum atomic E-state index is 12.9. The molecule has 8 nitrogen and oxygen atoms in total. The van der Waals surface area contributed by atoms with Crippen LogP contribution in [-0.2, 0) is 6.42 Å². The lowest BCUT2D eigenvalue weighted by Crippen LogP contribution is -2.36. The Morgan fingerprint density at radius 2 is 1.82 bits per heavy atom. The summed E-state index contributed by atoms with van der Waals surface area (Å²) in [6.07, 6.45) is -0.490. The minimum atomic E-state index is -4.75. The first-order valence-electron chi connectivity index (χ1n) is 14.5. The zero-order chi connectivity index (χ0) is 31.1. The molecule has 1 fully saturated rings. The number of aliphatic imine (C=N–C) groups is 1. The van der Waals surface area contributed by atoms with Crippen LogP contribution in [0.2, 0.25) is 0 Å². The van der Waals surface area contributed by atoms with E-state index in [9.17, 15) is 18.0 Å². The number of nitrogens with zero attached hydrogens (tertiary/aromatic N) is 5. The molecule has 0 aliphatic carbocycles. The molecular formula is C32H33F3N6O2S. The third kappa shape index (κ3) is 7.79. The number of nitrogens with one attached hydrogen (secondary N) is 1. The molecule has 1 unspecified atom stereocenters. The molecule has 2 amide bonds. The van der Waals surface area contributed by atoms with Crippen LogP contribution in [0.1, 0.15) is 43.7 Å².